The SMILES string of the molecule is CCCCC(CN)NC(=O)c1cc(C)cc(Br)c1. The van der Waals surface area contributed by atoms with Gasteiger partial charge in [0, 0.05) is 22.6 Å². The molecule has 0 fully saturated rings. The molecule has 0 aliphatic heterocycles. The zero-order valence-electron chi connectivity index (χ0n) is 11.0. The summed E-state index contributed by atoms with van der Waals surface area (Å²) in [6.07, 6.45) is 3.13. The molecule has 0 bridgehead atoms. The molecule has 100 valence electrons. The predicted molar refractivity (Wildman–Crippen MR) is 78.7 cm³/mol. The van der Waals surface area contributed by atoms with E-state index in [2.05, 4.69) is 28.2 Å². The Kier molecular flexibility index (Phi) is 6.36. The molecule has 1 unspecified atom stereocenters. The highest BCUT2D eigenvalue weighted by Crippen LogP contribution is 2.15. The fourth-order valence-corrected chi connectivity index (χ4v) is 2.44. The summed E-state index contributed by atoms with van der Waals surface area (Å²) in [7, 11) is 0. The Morgan fingerprint density at radius 2 is 2.17 bits per heavy atom. The van der Waals surface area contributed by atoms with Crippen LogP contribution in [0.2, 0.25) is 0 Å². The van der Waals surface area contributed by atoms with E-state index in [-0.39, 0.29) is 11.9 Å². The lowest BCUT2D eigenvalue weighted by Crippen LogP contribution is -2.40. The molecule has 0 aliphatic rings. The third-order valence-corrected chi connectivity index (χ3v) is 3.29. The van der Waals surface area contributed by atoms with Gasteiger partial charge in [-0.1, -0.05) is 35.7 Å². The summed E-state index contributed by atoms with van der Waals surface area (Å²) in [5.41, 5.74) is 7.42. The Bertz CT molecular complexity index is 387. The molecular formula is C14H21BrN2O. The highest BCUT2D eigenvalue weighted by atomic mass is 79.9. The number of hydrogen-bond acceptors (Lipinski definition) is 2. The number of amides is 1. The summed E-state index contributed by atoms with van der Waals surface area (Å²) in [5, 5.41) is 2.99. The van der Waals surface area contributed by atoms with E-state index in [0.29, 0.717) is 12.1 Å². The standard InChI is InChI=1S/C14H21BrN2O/c1-3-4-5-13(9-16)17-14(18)11-6-10(2)7-12(15)8-11/h6-8,13H,3-5,9,16H2,1-2H3,(H,17,18). The van der Waals surface area contributed by atoms with Crippen molar-refractivity contribution >= 4 is 21.8 Å². The average molecular weight is 313 g/mol. The second kappa shape index (κ2) is 7.54. The average Bonchev–Trinajstić information content (AvgIpc) is 2.32. The van der Waals surface area contributed by atoms with Crippen molar-refractivity contribution in [2.75, 3.05) is 6.54 Å². The minimum atomic E-state index is -0.0500. The van der Waals surface area contributed by atoms with Crippen LogP contribution in [0.15, 0.2) is 22.7 Å². The minimum Gasteiger partial charge on any atom is -0.348 e. The van der Waals surface area contributed by atoms with Crippen LogP contribution in [0, 0.1) is 6.92 Å². The molecule has 1 rings (SSSR count). The smallest absolute Gasteiger partial charge is 0.251 e. The van der Waals surface area contributed by atoms with Gasteiger partial charge < -0.3 is 11.1 Å². The monoisotopic (exact) mass is 312 g/mol. The molecule has 18 heavy (non-hydrogen) atoms. The number of nitrogens with two attached hydrogens (primary N) is 1. The fraction of sp³-hybridized carbons (Fsp3) is 0.500. The number of halogens is 1. The highest BCUT2D eigenvalue weighted by Gasteiger charge is 2.12. The Balaban J connectivity index is 2.68. The summed E-state index contributed by atoms with van der Waals surface area (Å²) in [6, 6.07) is 5.76. The number of hydrogen-bond donors (Lipinski definition) is 2. The highest BCUT2D eigenvalue weighted by molar-refractivity contribution is 9.10. The molecular weight excluding hydrogens is 292 g/mol. The molecule has 0 saturated heterocycles. The van der Waals surface area contributed by atoms with Gasteiger partial charge in [0.05, 0.1) is 0 Å². The zero-order chi connectivity index (χ0) is 13.5. The molecule has 0 saturated carbocycles. The quantitative estimate of drug-likeness (QED) is 0.848. The van der Waals surface area contributed by atoms with Crippen LogP contribution in [0.3, 0.4) is 0 Å². The predicted octanol–water partition coefficient (Wildman–Crippen LogP) is 3.00. The van der Waals surface area contributed by atoms with Gasteiger partial charge in [-0.2, -0.15) is 0 Å². The fourth-order valence-electron chi connectivity index (χ4n) is 1.84. The molecule has 0 aliphatic carbocycles. The molecule has 0 aromatic heterocycles. The summed E-state index contributed by atoms with van der Waals surface area (Å²) in [4.78, 5) is 12.1. The molecule has 3 N–H and O–H groups in total. The second-order valence-corrected chi connectivity index (χ2v) is 5.48. The third-order valence-electron chi connectivity index (χ3n) is 2.83. The number of nitrogens with one attached hydrogen (secondary N) is 1. The lowest BCUT2D eigenvalue weighted by molar-refractivity contribution is 0.0935. The van der Waals surface area contributed by atoms with Crippen molar-refractivity contribution in [1.29, 1.82) is 0 Å². The van der Waals surface area contributed by atoms with Gasteiger partial charge >= 0.3 is 0 Å². The Morgan fingerprint density at radius 3 is 2.72 bits per heavy atom. The Labute approximate surface area is 117 Å². The minimum absolute atomic E-state index is 0.0500. The largest absolute Gasteiger partial charge is 0.348 e. The van der Waals surface area contributed by atoms with E-state index in [4.69, 9.17) is 5.73 Å². The molecule has 1 amide bonds. The van der Waals surface area contributed by atoms with Crippen LogP contribution in [-0.4, -0.2) is 18.5 Å². The van der Waals surface area contributed by atoms with Gasteiger partial charge in [-0.3, -0.25) is 4.79 Å². The van der Waals surface area contributed by atoms with E-state index in [0.717, 1.165) is 29.3 Å². The van der Waals surface area contributed by atoms with Crippen molar-refractivity contribution < 1.29 is 4.79 Å². The number of aryl methyl sites for hydroxylation is 1. The summed E-state index contributed by atoms with van der Waals surface area (Å²) < 4.78 is 0.922. The second-order valence-electron chi connectivity index (χ2n) is 4.57. The van der Waals surface area contributed by atoms with Crippen molar-refractivity contribution in [2.45, 2.75) is 39.2 Å². The molecule has 3 nitrogen and oxygen atoms in total. The number of carbonyl (C=O) groups is 1. The summed E-state index contributed by atoms with van der Waals surface area (Å²) in [6.45, 7) is 4.59. The first-order valence-electron chi connectivity index (χ1n) is 6.35. The summed E-state index contributed by atoms with van der Waals surface area (Å²) >= 11 is 3.40. The van der Waals surface area contributed by atoms with Crippen molar-refractivity contribution in [3.05, 3.63) is 33.8 Å². The van der Waals surface area contributed by atoms with Gasteiger partial charge in [0.1, 0.15) is 0 Å². The van der Waals surface area contributed by atoms with Crippen LogP contribution in [0.25, 0.3) is 0 Å². The number of unbranched alkanes of at least 4 members (excludes halogenated alkanes) is 1. The molecule has 0 spiro atoms. The van der Waals surface area contributed by atoms with Crippen molar-refractivity contribution in [3.8, 4) is 0 Å². The zero-order valence-corrected chi connectivity index (χ0v) is 12.6. The molecule has 0 radical (unpaired) electrons. The summed E-state index contributed by atoms with van der Waals surface area (Å²) in [5.74, 6) is -0.0500. The van der Waals surface area contributed by atoms with Crippen LogP contribution >= 0.6 is 15.9 Å². The first-order chi connectivity index (χ1) is 8.56. The normalized spacial score (nSPS) is 12.2. The van der Waals surface area contributed by atoms with Crippen LogP contribution in [0.5, 0.6) is 0 Å². The molecule has 4 heteroatoms. The first-order valence-corrected chi connectivity index (χ1v) is 7.14. The van der Waals surface area contributed by atoms with Gasteiger partial charge in [0.15, 0.2) is 0 Å². The molecule has 1 atom stereocenters. The van der Waals surface area contributed by atoms with E-state index in [1.54, 1.807) is 0 Å². The van der Waals surface area contributed by atoms with Gasteiger partial charge in [-0.05, 0) is 37.1 Å². The van der Waals surface area contributed by atoms with E-state index < -0.39 is 0 Å². The molecule has 0 heterocycles. The number of rotatable bonds is 6. The topological polar surface area (TPSA) is 55.1 Å². The van der Waals surface area contributed by atoms with Gasteiger partial charge in [0.25, 0.3) is 5.91 Å². The maximum Gasteiger partial charge on any atom is 0.251 e. The van der Waals surface area contributed by atoms with Gasteiger partial charge in [-0.25, -0.2) is 0 Å². The lowest BCUT2D eigenvalue weighted by atomic mass is 10.1. The Hall–Kier alpha value is -0.870. The van der Waals surface area contributed by atoms with Gasteiger partial charge in [-0.15, -0.1) is 0 Å². The van der Waals surface area contributed by atoms with Crippen LogP contribution in [-0.2, 0) is 0 Å². The van der Waals surface area contributed by atoms with Crippen LogP contribution in [0.4, 0.5) is 0 Å². The third kappa shape index (κ3) is 4.78. The van der Waals surface area contributed by atoms with Crippen LogP contribution < -0.4 is 11.1 Å². The van der Waals surface area contributed by atoms with Crippen LogP contribution in [0.1, 0.15) is 42.1 Å². The Morgan fingerprint density at radius 1 is 1.44 bits per heavy atom. The first kappa shape index (κ1) is 15.2. The van der Waals surface area contributed by atoms with Crippen molar-refractivity contribution in [2.24, 2.45) is 5.73 Å². The maximum absolute atomic E-state index is 12.1. The van der Waals surface area contributed by atoms with Crippen molar-refractivity contribution in [1.82, 2.24) is 5.32 Å². The number of benzene rings is 1. The van der Waals surface area contributed by atoms with Gasteiger partial charge in [0.2, 0.25) is 0 Å². The van der Waals surface area contributed by atoms with E-state index in [1.165, 1.54) is 0 Å². The maximum atomic E-state index is 12.1. The van der Waals surface area contributed by atoms with Crippen molar-refractivity contribution in [3.63, 3.8) is 0 Å². The van der Waals surface area contributed by atoms with E-state index >= 15 is 0 Å². The molecule has 1 aromatic carbocycles. The van der Waals surface area contributed by atoms with E-state index in [1.807, 2.05) is 25.1 Å². The molecule has 1 aromatic rings. The van der Waals surface area contributed by atoms with E-state index in [9.17, 15) is 4.79 Å². The lowest BCUT2D eigenvalue weighted by Gasteiger charge is -2.16. The number of carbonyl (C=O) groups excluding carboxylic acids is 1.